The van der Waals surface area contributed by atoms with Crippen LogP contribution in [0.5, 0.6) is 5.75 Å². The van der Waals surface area contributed by atoms with Crippen LogP contribution in [0.2, 0.25) is 0 Å². The molecule has 0 bridgehead atoms. The maximum atomic E-state index is 12.0. The Morgan fingerprint density at radius 1 is 1.10 bits per heavy atom. The van der Waals surface area contributed by atoms with E-state index in [-0.39, 0.29) is 24.8 Å². The highest BCUT2D eigenvalue weighted by molar-refractivity contribution is 5.95. The summed E-state index contributed by atoms with van der Waals surface area (Å²) in [7, 11) is 1.58. The van der Waals surface area contributed by atoms with Gasteiger partial charge in [0.2, 0.25) is 5.91 Å². The number of amides is 2. The third kappa shape index (κ3) is 5.81. The van der Waals surface area contributed by atoms with Crippen LogP contribution >= 0.6 is 0 Å². The summed E-state index contributed by atoms with van der Waals surface area (Å²) in [4.78, 5) is 37.4. The minimum Gasteiger partial charge on any atom is -0.497 e. The number of nitrogens with one attached hydrogen (secondary N) is 1. The lowest BCUT2D eigenvalue weighted by atomic mass is 10.1. The molecule has 7 nitrogen and oxygen atoms in total. The first-order valence-electron chi connectivity index (χ1n) is 9.50. The van der Waals surface area contributed by atoms with E-state index in [9.17, 15) is 14.4 Å². The molecule has 0 saturated carbocycles. The summed E-state index contributed by atoms with van der Waals surface area (Å²) in [6.45, 7) is 0.721. The van der Waals surface area contributed by atoms with Crippen LogP contribution in [0.25, 0.3) is 0 Å². The normalized spacial score (nSPS) is 13.3. The predicted octanol–water partition coefficient (Wildman–Crippen LogP) is 2.22. The first-order valence-corrected chi connectivity index (χ1v) is 9.50. The fourth-order valence-electron chi connectivity index (χ4n) is 3.11. The molecule has 0 aliphatic carbocycles. The number of nitrogens with zero attached hydrogens (tertiary/aromatic N) is 1. The first-order chi connectivity index (χ1) is 14.0. The largest absolute Gasteiger partial charge is 0.497 e. The summed E-state index contributed by atoms with van der Waals surface area (Å²) in [5, 5.41) is 2.70. The molecular formula is C22H24N2O5. The van der Waals surface area contributed by atoms with E-state index >= 15 is 0 Å². The van der Waals surface area contributed by atoms with E-state index in [1.54, 1.807) is 24.1 Å². The SMILES string of the molecule is COc1cccc(CNC(=O)COC(=O)Cc2ccc(N3CCCC3=O)cc2)c1. The lowest BCUT2D eigenvalue weighted by Crippen LogP contribution is -2.28. The number of methoxy groups -OCH3 is 1. The number of hydrogen-bond acceptors (Lipinski definition) is 5. The molecular weight excluding hydrogens is 372 g/mol. The van der Waals surface area contributed by atoms with Gasteiger partial charge in [0, 0.05) is 25.2 Å². The summed E-state index contributed by atoms with van der Waals surface area (Å²) in [5.41, 5.74) is 2.49. The van der Waals surface area contributed by atoms with Crippen molar-refractivity contribution in [1.29, 1.82) is 0 Å². The molecule has 0 spiro atoms. The monoisotopic (exact) mass is 396 g/mol. The van der Waals surface area contributed by atoms with Gasteiger partial charge in [-0.1, -0.05) is 24.3 Å². The van der Waals surface area contributed by atoms with E-state index in [1.165, 1.54) is 0 Å². The predicted molar refractivity (Wildman–Crippen MR) is 108 cm³/mol. The van der Waals surface area contributed by atoms with E-state index < -0.39 is 5.97 Å². The molecule has 1 saturated heterocycles. The minimum atomic E-state index is -0.480. The van der Waals surface area contributed by atoms with E-state index in [0.717, 1.165) is 29.8 Å². The Labute approximate surface area is 169 Å². The summed E-state index contributed by atoms with van der Waals surface area (Å²) < 4.78 is 10.2. The molecule has 2 aromatic rings. The van der Waals surface area contributed by atoms with Crippen molar-refractivity contribution in [2.24, 2.45) is 0 Å². The van der Waals surface area contributed by atoms with Gasteiger partial charge in [-0.25, -0.2) is 0 Å². The van der Waals surface area contributed by atoms with Crippen molar-refractivity contribution in [3.05, 3.63) is 59.7 Å². The average molecular weight is 396 g/mol. The fraction of sp³-hybridized carbons (Fsp3) is 0.318. The number of carbonyl (C=O) groups is 3. The Kier molecular flexibility index (Phi) is 6.84. The Hall–Kier alpha value is -3.35. The number of ether oxygens (including phenoxy) is 2. The smallest absolute Gasteiger partial charge is 0.310 e. The minimum absolute atomic E-state index is 0.0669. The van der Waals surface area contributed by atoms with Crippen LogP contribution in [0.15, 0.2) is 48.5 Å². The van der Waals surface area contributed by atoms with Crippen LogP contribution in [0.4, 0.5) is 5.69 Å². The van der Waals surface area contributed by atoms with Gasteiger partial charge in [0.1, 0.15) is 5.75 Å². The Bertz CT molecular complexity index is 879. The van der Waals surface area contributed by atoms with Gasteiger partial charge in [-0.05, 0) is 41.8 Å². The molecule has 1 N–H and O–H groups in total. The van der Waals surface area contributed by atoms with Crippen molar-refractivity contribution in [2.75, 3.05) is 25.2 Å². The van der Waals surface area contributed by atoms with Gasteiger partial charge >= 0.3 is 5.97 Å². The van der Waals surface area contributed by atoms with E-state index in [1.807, 2.05) is 36.4 Å². The molecule has 0 aromatic heterocycles. The third-order valence-corrected chi connectivity index (χ3v) is 4.66. The number of esters is 1. The Morgan fingerprint density at radius 2 is 1.90 bits per heavy atom. The fourth-order valence-corrected chi connectivity index (χ4v) is 3.11. The second kappa shape index (κ2) is 9.73. The molecule has 7 heteroatoms. The molecule has 1 fully saturated rings. The van der Waals surface area contributed by atoms with Crippen molar-refractivity contribution < 1.29 is 23.9 Å². The maximum Gasteiger partial charge on any atom is 0.310 e. The molecule has 1 heterocycles. The molecule has 0 atom stereocenters. The van der Waals surface area contributed by atoms with Crippen LogP contribution in [0, 0.1) is 0 Å². The van der Waals surface area contributed by atoms with E-state index in [4.69, 9.17) is 9.47 Å². The third-order valence-electron chi connectivity index (χ3n) is 4.66. The highest BCUT2D eigenvalue weighted by Crippen LogP contribution is 2.21. The van der Waals surface area contributed by atoms with E-state index in [0.29, 0.717) is 18.7 Å². The summed E-state index contributed by atoms with van der Waals surface area (Å²) in [6, 6.07) is 14.6. The number of hydrogen-bond donors (Lipinski definition) is 1. The Balaban J connectivity index is 1.41. The number of rotatable bonds is 8. The Morgan fingerprint density at radius 3 is 2.59 bits per heavy atom. The number of anilines is 1. The van der Waals surface area contributed by atoms with Crippen molar-refractivity contribution in [1.82, 2.24) is 5.32 Å². The van der Waals surface area contributed by atoms with Crippen molar-refractivity contribution in [3.63, 3.8) is 0 Å². The quantitative estimate of drug-likeness (QED) is 0.692. The van der Waals surface area contributed by atoms with Crippen molar-refractivity contribution in [2.45, 2.75) is 25.8 Å². The zero-order valence-electron chi connectivity index (χ0n) is 16.3. The molecule has 152 valence electrons. The first kappa shape index (κ1) is 20.4. The molecule has 0 radical (unpaired) electrons. The zero-order chi connectivity index (χ0) is 20.6. The maximum absolute atomic E-state index is 12.0. The zero-order valence-corrected chi connectivity index (χ0v) is 16.3. The molecule has 29 heavy (non-hydrogen) atoms. The summed E-state index contributed by atoms with van der Waals surface area (Å²) >= 11 is 0. The summed E-state index contributed by atoms with van der Waals surface area (Å²) in [6.07, 6.45) is 1.51. The second-order valence-corrected chi connectivity index (χ2v) is 6.78. The lowest BCUT2D eigenvalue weighted by Gasteiger charge is -2.15. The van der Waals surface area contributed by atoms with Crippen LogP contribution in [0.1, 0.15) is 24.0 Å². The molecule has 2 aromatic carbocycles. The van der Waals surface area contributed by atoms with Gasteiger partial charge in [-0.3, -0.25) is 14.4 Å². The molecule has 1 aliphatic rings. The summed E-state index contributed by atoms with van der Waals surface area (Å²) in [5.74, 6) is -0.0176. The number of carbonyl (C=O) groups excluding carboxylic acids is 3. The van der Waals surface area contributed by atoms with Crippen molar-refractivity contribution >= 4 is 23.5 Å². The standard InChI is InChI=1S/C22H24N2O5/c1-28-19-5-2-4-17(12-19)14-23-20(25)15-29-22(27)13-16-7-9-18(10-8-16)24-11-3-6-21(24)26/h2,4-5,7-10,12H,3,6,11,13-15H2,1H3,(H,23,25). The van der Waals surface area contributed by atoms with Crippen LogP contribution in [-0.2, 0) is 32.1 Å². The second-order valence-electron chi connectivity index (χ2n) is 6.78. The van der Waals surface area contributed by atoms with Gasteiger partial charge < -0.3 is 19.7 Å². The topological polar surface area (TPSA) is 84.9 Å². The number of benzene rings is 2. The van der Waals surface area contributed by atoms with Gasteiger partial charge in [-0.2, -0.15) is 0 Å². The lowest BCUT2D eigenvalue weighted by molar-refractivity contribution is -0.147. The van der Waals surface area contributed by atoms with Gasteiger partial charge in [0.25, 0.3) is 5.91 Å². The molecule has 2 amide bonds. The average Bonchev–Trinajstić information content (AvgIpc) is 3.17. The van der Waals surface area contributed by atoms with Crippen LogP contribution < -0.4 is 15.0 Å². The van der Waals surface area contributed by atoms with Crippen molar-refractivity contribution in [3.8, 4) is 5.75 Å². The van der Waals surface area contributed by atoms with Gasteiger partial charge in [-0.15, -0.1) is 0 Å². The van der Waals surface area contributed by atoms with Gasteiger partial charge in [0.15, 0.2) is 6.61 Å². The van der Waals surface area contributed by atoms with Gasteiger partial charge in [0.05, 0.1) is 13.5 Å². The molecule has 1 aliphatic heterocycles. The highest BCUT2D eigenvalue weighted by atomic mass is 16.5. The molecule has 0 unspecified atom stereocenters. The van der Waals surface area contributed by atoms with Crippen LogP contribution in [0.3, 0.4) is 0 Å². The van der Waals surface area contributed by atoms with Crippen LogP contribution in [-0.4, -0.2) is 38.0 Å². The molecule has 3 rings (SSSR count). The van der Waals surface area contributed by atoms with E-state index in [2.05, 4.69) is 5.32 Å². The highest BCUT2D eigenvalue weighted by Gasteiger charge is 2.21.